The first-order valence-corrected chi connectivity index (χ1v) is 5.91. The topological polar surface area (TPSA) is 32.5 Å². The molecule has 0 radical (unpaired) electrons. The highest BCUT2D eigenvalue weighted by Gasteiger charge is 2.31. The molecule has 0 saturated carbocycles. The van der Waals surface area contributed by atoms with Crippen LogP contribution in [-0.2, 0) is 0 Å². The van der Waals surface area contributed by atoms with Crippen LogP contribution in [0.4, 0.5) is 15.8 Å². The molecule has 4 heteroatoms. The van der Waals surface area contributed by atoms with Crippen molar-refractivity contribution in [3.8, 4) is 0 Å². The molecule has 1 fully saturated rings. The first kappa shape index (κ1) is 12.2. The number of nitrogens with zero attached hydrogens (tertiary/aromatic N) is 2. The van der Waals surface area contributed by atoms with E-state index in [9.17, 15) is 4.39 Å². The van der Waals surface area contributed by atoms with Gasteiger partial charge in [-0.05, 0) is 39.1 Å². The number of anilines is 2. The zero-order valence-corrected chi connectivity index (χ0v) is 10.7. The highest BCUT2D eigenvalue weighted by Crippen LogP contribution is 2.29. The predicted octanol–water partition coefficient (Wildman–Crippen LogP) is 1.94. The Morgan fingerprint density at radius 2 is 2.00 bits per heavy atom. The Morgan fingerprint density at radius 3 is 2.65 bits per heavy atom. The molecule has 0 unspecified atom stereocenters. The monoisotopic (exact) mass is 237 g/mol. The lowest BCUT2D eigenvalue weighted by molar-refractivity contribution is 0.139. The molecular weight excluding hydrogens is 217 g/mol. The summed E-state index contributed by atoms with van der Waals surface area (Å²) in [7, 11) is 2.12. The first-order chi connectivity index (χ1) is 7.90. The minimum Gasteiger partial charge on any atom is -0.397 e. The van der Waals surface area contributed by atoms with E-state index in [4.69, 9.17) is 5.73 Å². The lowest BCUT2D eigenvalue weighted by atomic mass is 9.99. The van der Waals surface area contributed by atoms with Gasteiger partial charge in [-0.15, -0.1) is 0 Å². The highest BCUT2D eigenvalue weighted by molar-refractivity contribution is 5.67. The SMILES string of the molecule is CN1CCN(c2cc(F)ccc2N)CC1(C)C. The van der Waals surface area contributed by atoms with Crippen molar-refractivity contribution < 1.29 is 4.39 Å². The molecule has 17 heavy (non-hydrogen) atoms. The molecule has 1 saturated heterocycles. The normalized spacial score (nSPS) is 20.6. The van der Waals surface area contributed by atoms with Gasteiger partial charge in [0, 0.05) is 25.2 Å². The second-order valence-corrected chi connectivity index (χ2v) is 5.36. The number of rotatable bonds is 1. The fourth-order valence-corrected chi connectivity index (χ4v) is 2.24. The number of nitrogens with two attached hydrogens (primary N) is 1. The van der Waals surface area contributed by atoms with Crippen LogP contribution < -0.4 is 10.6 Å². The van der Waals surface area contributed by atoms with Crippen LogP contribution in [0.2, 0.25) is 0 Å². The summed E-state index contributed by atoms with van der Waals surface area (Å²) in [6.07, 6.45) is 0. The molecule has 0 bridgehead atoms. The molecule has 1 aromatic rings. The van der Waals surface area contributed by atoms with Crippen molar-refractivity contribution in [2.24, 2.45) is 0 Å². The molecule has 94 valence electrons. The van der Waals surface area contributed by atoms with Gasteiger partial charge in [-0.1, -0.05) is 0 Å². The number of hydrogen-bond acceptors (Lipinski definition) is 3. The summed E-state index contributed by atoms with van der Waals surface area (Å²) in [4.78, 5) is 4.48. The molecule has 0 spiro atoms. The summed E-state index contributed by atoms with van der Waals surface area (Å²) in [5.41, 5.74) is 7.46. The van der Waals surface area contributed by atoms with Crippen LogP contribution in [-0.4, -0.2) is 37.1 Å². The third-order valence-electron chi connectivity index (χ3n) is 3.65. The first-order valence-electron chi connectivity index (χ1n) is 5.91. The van der Waals surface area contributed by atoms with Gasteiger partial charge in [0.1, 0.15) is 5.82 Å². The lowest BCUT2D eigenvalue weighted by Gasteiger charge is -2.46. The second-order valence-electron chi connectivity index (χ2n) is 5.36. The van der Waals surface area contributed by atoms with Gasteiger partial charge in [-0.25, -0.2) is 4.39 Å². The average Bonchev–Trinajstić information content (AvgIpc) is 2.25. The molecule has 1 heterocycles. The van der Waals surface area contributed by atoms with E-state index in [0.29, 0.717) is 5.69 Å². The minimum absolute atomic E-state index is 0.0804. The fraction of sp³-hybridized carbons (Fsp3) is 0.538. The van der Waals surface area contributed by atoms with Gasteiger partial charge >= 0.3 is 0 Å². The number of nitrogen functional groups attached to an aromatic ring is 1. The van der Waals surface area contributed by atoms with E-state index in [1.807, 2.05) is 0 Å². The van der Waals surface area contributed by atoms with Crippen LogP contribution >= 0.6 is 0 Å². The molecule has 1 aliphatic rings. The fourth-order valence-electron chi connectivity index (χ4n) is 2.24. The summed E-state index contributed by atoms with van der Waals surface area (Å²) >= 11 is 0. The standard InChI is InChI=1S/C13H20FN3/c1-13(2)9-17(7-6-16(13)3)12-8-10(14)4-5-11(12)15/h4-5,8H,6-7,9,15H2,1-3H3. The van der Waals surface area contributed by atoms with Crippen LogP contribution in [0.5, 0.6) is 0 Å². The maximum Gasteiger partial charge on any atom is 0.125 e. The van der Waals surface area contributed by atoms with E-state index in [1.54, 1.807) is 6.07 Å². The largest absolute Gasteiger partial charge is 0.397 e. The quantitative estimate of drug-likeness (QED) is 0.758. The van der Waals surface area contributed by atoms with Crippen LogP contribution in [0.25, 0.3) is 0 Å². The Balaban J connectivity index is 2.26. The van der Waals surface area contributed by atoms with Gasteiger partial charge < -0.3 is 10.6 Å². The van der Waals surface area contributed by atoms with Gasteiger partial charge in [0.15, 0.2) is 0 Å². The molecule has 1 aliphatic heterocycles. The number of benzene rings is 1. The maximum atomic E-state index is 13.3. The van der Waals surface area contributed by atoms with E-state index in [1.165, 1.54) is 12.1 Å². The van der Waals surface area contributed by atoms with Crippen molar-refractivity contribution >= 4 is 11.4 Å². The molecule has 1 aromatic carbocycles. The van der Waals surface area contributed by atoms with Gasteiger partial charge in [0.2, 0.25) is 0 Å². The summed E-state index contributed by atoms with van der Waals surface area (Å²) in [5, 5.41) is 0. The van der Waals surface area contributed by atoms with Crippen LogP contribution in [0.1, 0.15) is 13.8 Å². The summed E-state index contributed by atoms with van der Waals surface area (Å²) in [6.45, 7) is 7.08. The van der Waals surface area contributed by atoms with Gasteiger partial charge in [-0.2, -0.15) is 0 Å². The van der Waals surface area contributed by atoms with Crippen LogP contribution in [0, 0.1) is 5.82 Å². The van der Waals surface area contributed by atoms with Crippen molar-refractivity contribution in [2.45, 2.75) is 19.4 Å². The average molecular weight is 237 g/mol. The van der Waals surface area contributed by atoms with Crippen molar-refractivity contribution in [1.82, 2.24) is 4.90 Å². The van der Waals surface area contributed by atoms with Gasteiger partial charge in [-0.3, -0.25) is 4.90 Å². The summed E-state index contributed by atoms with van der Waals surface area (Å²) < 4.78 is 13.3. The number of hydrogen-bond donors (Lipinski definition) is 1. The molecule has 2 rings (SSSR count). The number of piperazine rings is 1. The van der Waals surface area contributed by atoms with Crippen molar-refractivity contribution in [3.05, 3.63) is 24.0 Å². The van der Waals surface area contributed by atoms with Gasteiger partial charge in [0.05, 0.1) is 11.4 Å². The molecule has 0 aliphatic carbocycles. The minimum atomic E-state index is -0.231. The number of likely N-dealkylation sites (N-methyl/N-ethyl adjacent to an activating group) is 1. The molecule has 0 amide bonds. The van der Waals surface area contributed by atoms with E-state index >= 15 is 0 Å². The third-order valence-corrected chi connectivity index (χ3v) is 3.65. The van der Waals surface area contributed by atoms with Crippen molar-refractivity contribution in [3.63, 3.8) is 0 Å². The van der Waals surface area contributed by atoms with Crippen LogP contribution in [0.15, 0.2) is 18.2 Å². The Bertz CT molecular complexity index is 417. The Labute approximate surface area is 102 Å². The van der Waals surface area contributed by atoms with Crippen molar-refractivity contribution in [2.75, 3.05) is 37.3 Å². The maximum absolute atomic E-state index is 13.3. The Hall–Kier alpha value is -1.29. The Morgan fingerprint density at radius 1 is 1.29 bits per heavy atom. The van der Waals surface area contributed by atoms with Gasteiger partial charge in [0.25, 0.3) is 0 Å². The molecule has 3 nitrogen and oxygen atoms in total. The molecule has 0 atom stereocenters. The van der Waals surface area contributed by atoms with E-state index in [-0.39, 0.29) is 11.4 Å². The smallest absolute Gasteiger partial charge is 0.125 e. The molecule has 2 N–H and O–H groups in total. The van der Waals surface area contributed by atoms with E-state index in [2.05, 4.69) is 30.7 Å². The van der Waals surface area contributed by atoms with Crippen molar-refractivity contribution in [1.29, 1.82) is 0 Å². The summed E-state index contributed by atoms with van der Waals surface area (Å²) in [6, 6.07) is 4.56. The molecular formula is C13H20FN3. The summed E-state index contributed by atoms with van der Waals surface area (Å²) in [5.74, 6) is -0.231. The lowest BCUT2D eigenvalue weighted by Crippen LogP contribution is -2.57. The molecule has 0 aromatic heterocycles. The van der Waals surface area contributed by atoms with E-state index < -0.39 is 0 Å². The zero-order chi connectivity index (χ0) is 12.6. The highest BCUT2D eigenvalue weighted by atomic mass is 19.1. The third kappa shape index (κ3) is 2.36. The predicted molar refractivity (Wildman–Crippen MR) is 69.7 cm³/mol. The van der Waals surface area contributed by atoms with Crippen LogP contribution in [0.3, 0.4) is 0 Å². The number of halogens is 1. The van der Waals surface area contributed by atoms with E-state index in [0.717, 1.165) is 25.3 Å². The zero-order valence-electron chi connectivity index (χ0n) is 10.7. The second kappa shape index (κ2) is 4.18. The Kier molecular flexibility index (Phi) is 3.00.